The molecule has 6 heteroatoms. The Hall–Kier alpha value is -1.66. The van der Waals surface area contributed by atoms with Gasteiger partial charge in [-0.15, -0.1) is 16.8 Å². The number of aromatic nitrogens is 3. The van der Waals surface area contributed by atoms with Crippen LogP contribution in [0.5, 0.6) is 0 Å². The lowest BCUT2D eigenvalue weighted by molar-refractivity contribution is 0.0953. The Morgan fingerprint density at radius 3 is 2.86 bits per heavy atom. The second-order valence-electron chi connectivity index (χ2n) is 5.16. The van der Waals surface area contributed by atoms with E-state index < -0.39 is 0 Å². The number of benzene rings is 1. The summed E-state index contributed by atoms with van der Waals surface area (Å²) >= 11 is 1.59. The van der Waals surface area contributed by atoms with E-state index >= 15 is 0 Å². The monoisotopic (exact) mass is 319 g/mol. The molecular weight excluding hydrogens is 301 g/mol. The molecule has 1 aliphatic heterocycles. The zero-order valence-electron chi connectivity index (χ0n) is 12.2. The maximum Gasteiger partial charge on any atom is 0.191 e. The summed E-state index contributed by atoms with van der Waals surface area (Å²) in [4.78, 5) is 0. The molecule has 1 atom stereocenters. The van der Waals surface area contributed by atoms with Crippen LogP contribution in [-0.2, 0) is 11.3 Å². The fourth-order valence-corrected chi connectivity index (χ4v) is 3.18. The molecular formula is C16H18FN3OS. The van der Waals surface area contributed by atoms with Crippen LogP contribution < -0.4 is 0 Å². The zero-order chi connectivity index (χ0) is 15.4. The number of thioether (sulfide) groups is 1. The molecule has 1 fully saturated rings. The SMILES string of the molecule is C=CCSc1nnc(-c2ccc(F)cc2)n1CC1CCCO1. The van der Waals surface area contributed by atoms with Crippen LogP contribution in [0.25, 0.3) is 11.4 Å². The van der Waals surface area contributed by atoms with Gasteiger partial charge in [-0.25, -0.2) is 4.39 Å². The lowest BCUT2D eigenvalue weighted by Crippen LogP contribution is -2.16. The fourth-order valence-electron chi connectivity index (χ4n) is 2.50. The van der Waals surface area contributed by atoms with Crippen LogP contribution in [0.3, 0.4) is 0 Å². The van der Waals surface area contributed by atoms with E-state index in [1.807, 2.05) is 6.08 Å². The molecule has 0 N–H and O–H groups in total. The molecule has 116 valence electrons. The average molecular weight is 319 g/mol. The van der Waals surface area contributed by atoms with Gasteiger partial charge in [0.2, 0.25) is 0 Å². The molecule has 0 aliphatic carbocycles. The molecule has 0 bridgehead atoms. The Labute approximate surface area is 133 Å². The molecule has 1 aromatic heterocycles. The number of halogens is 1. The van der Waals surface area contributed by atoms with Crippen molar-refractivity contribution in [1.29, 1.82) is 0 Å². The van der Waals surface area contributed by atoms with Gasteiger partial charge in [0.25, 0.3) is 0 Å². The quantitative estimate of drug-likeness (QED) is 0.603. The summed E-state index contributed by atoms with van der Waals surface area (Å²) in [6, 6.07) is 6.34. The van der Waals surface area contributed by atoms with Crippen molar-refractivity contribution in [2.75, 3.05) is 12.4 Å². The molecule has 2 heterocycles. The van der Waals surface area contributed by atoms with E-state index in [1.165, 1.54) is 12.1 Å². The van der Waals surface area contributed by atoms with Gasteiger partial charge in [-0.05, 0) is 37.1 Å². The van der Waals surface area contributed by atoms with Crippen molar-refractivity contribution in [3.8, 4) is 11.4 Å². The predicted molar refractivity (Wildman–Crippen MR) is 85.3 cm³/mol. The van der Waals surface area contributed by atoms with Gasteiger partial charge in [-0.3, -0.25) is 4.57 Å². The third-order valence-corrected chi connectivity index (χ3v) is 4.52. The van der Waals surface area contributed by atoms with Gasteiger partial charge in [0.15, 0.2) is 11.0 Å². The molecule has 0 saturated carbocycles. The van der Waals surface area contributed by atoms with Crippen molar-refractivity contribution in [2.24, 2.45) is 0 Å². The molecule has 1 unspecified atom stereocenters. The number of rotatable bonds is 6. The highest BCUT2D eigenvalue weighted by Gasteiger charge is 2.21. The highest BCUT2D eigenvalue weighted by molar-refractivity contribution is 7.99. The molecule has 1 aliphatic rings. The minimum absolute atomic E-state index is 0.193. The second kappa shape index (κ2) is 7.07. The smallest absolute Gasteiger partial charge is 0.191 e. The fraction of sp³-hybridized carbons (Fsp3) is 0.375. The van der Waals surface area contributed by atoms with Crippen LogP contribution in [0, 0.1) is 5.82 Å². The van der Waals surface area contributed by atoms with E-state index in [1.54, 1.807) is 23.9 Å². The standard InChI is InChI=1S/C16H18FN3OS/c1-2-10-22-16-19-18-15(12-5-7-13(17)8-6-12)20(16)11-14-4-3-9-21-14/h2,5-8,14H,1,3-4,9-11H2. The zero-order valence-corrected chi connectivity index (χ0v) is 13.1. The Balaban J connectivity index is 1.91. The number of nitrogens with zero attached hydrogens (tertiary/aromatic N) is 3. The third kappa shape index (κ3) is 3.39. The van der Waals surface area contributed by atoms with Crippen molar-refractivity contribution in [3.63, 3.8) is 0 Å². The van der Waals surface area contributed by atoms with Gasteiger partial charge in [-0.1, -0.05) is 17.8 Å². The predicted octanol–water partition coefficient (Wildman–Crippen LogP) is 3.54. The number of hydrogen-bond acceptors (Lipinski definition) is 4. The summed E-state index contributed by atoms with van der Waals surface area (Å²) < 4.78 is 20.9. The van der Waals surface area contributed by atoms with E-state index in [-0.39, 0.29) is 11.9 Å². The van der Waals surface area contributed by atoms with Gasteiger partial charge < -0.3 is 4.74 Å². The van der Waals surface area contributed by atoms with E-state index in [0.717, 1.165) is 48.3 Å². The van der Waals surface area contributed by atoms with Crippen molar-refractivity contribution >= 4 is 11.8 Å². The van der Waals surface area contributed by atoms with Crippen molar-refractivity contribution < 1.29 is 9.13 Å². The van der Waals surface area contributed by atoms with Crippen LogP contribution in [0.1, 0.15) is 12.8 Å². The summed E-state index contributed by atoms with van der Waals surface area (Å²) in [6.07, 6.45) is 4.17. The van der Waals surface area contributed by atoms with E-state index in [2.05, 4.69) is 21.3 Å². The van der Waals surface area contributed by atoms with Crippen LogP contribution in [-0.4, -0.2) is 33.2 Å². The lowest BCUT2D eigenvalue weighted by Gasteiger charge is -2.14. The van der Waals surface area contributed by atoms with Gasteiger partial charge >= 0.3 is 0 Å². The van der Waals surface area contributed by atoms with Crippen LogP contribution in [0.2, 0.25) is 0 Å². The summed E-state index contributed by atoms with van der Waals surface area (Å²) in [5.41, 5.74) is 0.859. The average Bonchev–Trinajstić information content (AvgIpc) is 3.17. The highest BCUT2D eigenvalue weighted by atomic mass is 32.2. The summed E-state index contributed by atoms with van der Waals surface area (Å²) in [5, 5.41) is 9.41. The maximum absolute atomic E-state index is 13.1. The molecule has 4 nitrogen and oxygen atoms in total. The van der Waals surface area contributed by atoms with E-state index in [4.69, 9.17) is 4.74 Å². The Bertz CT molecular complexity index is 635. The minimum Gasteiger partial charge on any atom is -0.376 e. The normalized spacial score (nSPS) is 17.8. The molecule has 3 rings (SSSR count). The summed E-state index contributed by atoms with van der Waals surface area (Å²) in [6.45, 7) is 5.27. The second-order valence-corrected chi connectivity index (χ2v) is 6.15. The molecule has 0 radical (unpaired) electrons. The molecule has 0 amide bonds. The Morgan fingerprint density at radius 1 is 1.36 bits per heavy atom. The van der Waals surface area contributed by atoms with Gasteiger partial charge in [-0.2, -0.15) is 0 Å². The number of ether oxygens (including phenoxy) is 1. The van der Waals surface area contributed by atoms with Crippen LogP contribution >= 0.6 is 11.8 Å². The minimum atomic E-state index is -0.254. The van der Waals surface area contributed by atoms with Gasteiger partial charge in [0, 0.05) is 17.9 Å². The van der Waals surface area contributed by atoms with Crippen molar-refractivity contribution in [2.45, 2.75) is 30.6 Å². The Kier molecular flexibility index (Phi) is 4.90. The van der Waals surface area contributed by atoms with E-state index in [9.17, 15) is 4.39 Å². The molecule has 2 aromatic rings. The number of hydrogen-bond donors (Lipinski definition) is 0. The molecule has 0 spiro atoms. The largest absolute Gasteiger partial charge is 0.376 e. The van der Waals surface area contributed by atoms with Crippen LogP contribution in [0.15, 0.2) is 42.1 Å². The highest BCUT2D eigenvalue weighted by Crippen LogP contribution is 2.26. The first-order valence-electron chi connectivity index (χ1n) is 7.32. The molecule has 22 heavy (non-hydrogen) atoms. The molecule has 1 saturated heterocycles. The molecule has 1 aromatic carbocycles. The topological polar surface area (TPSA) is 39.9 Å². The van der Waals surface area contributed by atoms with E-state index in [0.29, 0.717) is 0 Å². The van der Waals surface area contributed by atoms with Gasteiger partial charge in [0.1, 0.15) is 5.82 Å². The van der Waals surface area contributed by atoms with Crippen LogP contribution in [0.4, 0.5) is 4.39 Å². The van der Waals surface area contributed by atoms with Crippen molar-refractivity contribution in [3.05, 3.63) is 42.7 Å². The summed E-state index contributed by atoms with van der Waals surface area (Å²) in [5.74, 6) is 1.27. The lowest BCUT2D eigenvalue weighted by atomic mass is 10.2. The maximum atomic E-state index is 13.1. The first-order valence-corrected chi connectivity index (χ1v) is 8.31. The first kappa shape index (κ1) is 15.2. The summed E-state index contributed by atoms with van der Waals surface area (Å²) in [7, 11) is 0. The Morgan fingerprint density at radius 2 is 2.18 bits per heavy atom. The first-order chi connectivity index (χ1) is 10.8. The van der Waals surface area contributed by atoms with Crippen molar-refractivity contribution in [1.82, 2.24) is 14.8 Å². The third-order valence-electron chi connectivity index (χ3n) is 3.56. The van der Waals surface area contributed by atoms with Gasteiger partial charge in [0.05, 0.1) is 12.6 Å².